The standard InChI is InChI=1S/C67H112O6/c1-4-7-10-13-16-19-22-25-28-30-32-33-35-36-39-42-45-48-51-54-57-60-66(69)72-63-64(62-71-65(68)59-56-53-50-47-44-41-38-27-24-21-18-15-12-9-6-3)73-67(70)61-58-55-52-49-46-43-40-37-34-31-29-26-23-20-17-14-11-8-5-2/h9,12,17-18,20-22,25-27,29-30,32,34,37-38,44,47,64H,4-8,10-11,13-16,19,23-24,28,31,33,35-36,39-43,45-46,48-63H2,1-3H3/b12-9-,20-17-,21-18-,25-22-,29-26-,32-30-,37-34-,38-27-,47-44-. The summed E-state index contributed by atoms with van der Waals surface area (Å²) in [4.78, 5) is 38.2. The summed E-state index contributed by atoms with van der Waals surface area (Å²) in [5, 5.41) is 0. The Bertz CT molecular complexity index is 1490. The van der Waals surface area contributed by atoms with Gasteiger partial charge in [-0.1, -0.05) is 239 Å². The van der Waals surface area contributed by atoms with Gasteiger partial charge in [0.15, 0.2) is 6.10 Å². The summed E-state index contributed by atoms with van der Waals surface area (Å²) in [5.74, 6) is -0.957. The molecular formula is C67H112O6. The van der Waals surface area contributed by atoms with Crippen LogP contribution in [0.25, 0.3) is 0 Å². The minimum atomic E-state index is -0.807. The van der Waals surface area contributed by atoms with Crippen LogP contribution in [0.3, 0.4) is 0 Å². The second-order valence-electron chi connectivity index (χ2n) is 19.9. The molecule has 73 heavy (non-hydrogen) atoms. The molecular weight excluding hydrogens is 901 g/mol. The van der Waals surface area contributed by atoms with E-state index in [0.29, 0.717) is 19.3 Å². The first-order valence-corrected chi connectivity index (χ1v) is 30.4. The van der Waals surface area contributed by atoms with E-state index in [2.05, 4.69) is 130 Å². The Morgan fingerprint density at radius 1 is 0.288 bits per heavy atom. The summed E-state index contributed by atoms with van der Waals surface area (Å²) >= 11 is 0. The number of carbonyl (C=O) groups is 3. The van der Waals surface area contributed by atoms with Crippen molar-refractivity contribution < 1.29 is 28.6 Å². The Morgan fingerprint density at radius 3 is 0.890 bits per heavy atom. The minimum absolute atomic E-state index is 0.100. The summed E-state index contributed by atoms with van der Waals surface area (Å²) in [5.41, 5.74) is 0. The van der Waals surface area contributed by atoms with Crippen LogP contribution in [0.1, 0.15) is 278 Å². The smallest absolute Gasteiger partial charge is 0.306 e. The Hall–Kier alpha value is -3.93. The molecule has 0 aliphatic heterocycles. The van der Waals surface area contributed by atoms with E-state index in [-0.39, 0.29) is 31.1 Å². The maximum atomic E-state index is 12.9. The van der Waals surface area contributed by atoms with Gasteiger partial charge in [-0.3, -0.25) is 14.4 Å². The maximum Gasteiger partial charge on any atom is 0.306 e. The number of allylic oxidation sites excluding steroid dienone is 18. The van der Waals surface area contributed by atoms with E-state index in [1.54, 1.807) is 0 Å². The van der Waals surface area contributed by atoms with Crippen LogP contribution in [0.2, 0.25) is 0 Å². The Labute approximate surface area is 450 Å². The average molecular weight is 1010 g/mol. The molecule has 0 aliphatic rings. The molecule has 0 amide bonds. The van der Waals surface area contributed by atoms with Crippen molar-refractivity contribution in [2.24, 2.45) is 0 Å². The molecule has 0 saturated carbocycles. The zero-order valence-electron chi connectivity index (χ0n) is 47.6. The molecule has 0 aromatic carbocycles. The first-order chi connectivity index (χ1) is 36.0. The Morgan fingerprint density at radius 2 is 0.534 bits per heavy atom. The van der Waals surface area contributed by atoms with E-state index in [1.165, 1.54) is 122 Å². The number of hydrogen-bond donors (Lipinski definition) is 0. The highest BCUT2D eigenvalue weighted by molar-refractivity contribution is 5.71. The molecule has 6 heteroatoms. The minimum Gasteiger partial charge on any atom is -0.462 e. The van der Waals surface area contributed by atoms with E-state index >= 15 is 0 Å². The predicted octanol–water partition coefficient (Wildman–Crippen LogP) is 20.7. The average Bonchev–Trinajstić information content (AvgIpc) is 3.39. The van der Waals surface area contributed by atoms with Gasteiger partial charge in [0.1, 0.15) is 13.2 Å². The van der Waals surface area contributed by atoms with Gasteiger partial charge in [-0.2, -0.15) is 0 Å². The fraction of sp³-hybridized carbons (Fsp3) is 0.687. The van der Waals surface area contributed by atoms with Crippen molar-refractivity contribution in [1.82, 2.24) is 0 Å². The molecule has 6 nitrogen and oxygen atoms in total. The summed E-state index contributed by atoms with van der Waals surface area (Å²) in [6, 6.07) is 0. The van der Waals surface area contributed by atoms with Gasteiger partial charge < -0.3 is 14.2 Å². The van der Waals surface area contributed by atoms with E-state index in [4.69, 9.17) is 14.2 Å². The van der Waals surface area contributed by atoms with Gasteiger partial charge in [0.05, 0.1) is 0 Å². The predicted molar refractivity (Wildman–Crippen MR) is 316 cm³/mol. The first-order valence-electron chi connectivity index (χ1n) is 30.4. The lowest BCUT2D eigenvalue weighted by Crippen LogP contribution is -2.30. The second-order valence-corrected chi connectivity index (χ2v) is 19.9. The van der Waals surface area contributed by atoms with E-state index in [0.717, 1.165) is 116 Å². The van der Waals surface area contributed by atoms with Crippen LogP contribution in [-0.4, -0.2) is 37.2 Å². The number of rotatable bonds is 54. The highest BCUT2D eigenvalue weighted by Crippen LogP contribution is 2.15. The number of hydrogen-bond acceptors (Lipinski definition) is 6. The van der Waals surface area contributed by atoms with E-state index in [9.17, 15) is 14.4 Å². The zero-order chi connectivity index (χ0) is 52.9. The monoisotopic (exact) mass is 1010 g/mol. The SMILES string of the molecule is CC/C=C\C/C=C\C/C=C\C/C=C\CCCCC(=O)OCC(COC(=O)CCCCCCCCCCC/C=C\C/C=C\CCCCCCC)OC(=O)CCCCCCCC/C=C\C/C=C\C/C=C\CCCCC. The molecule has 0 aliphatic carbocycles. The molecule has 0 radical (unpaired) electrons. The van der Waals surface area contributed by atoms with Crippen molar-refractivity contribution in [2.45, 2.75) is 284 Å². The lowest BCUT2D eigenvalue weighted by atomic mass is 10.1. The first kappa shape index (κ1) is 69.1. The van der Waals surface area contributed by atoms with Crippen LogP contribution in [0.15, 0.2) is 109 Å². The summed E-state index contributed by atoms with van der Waals surface area (Å²) in [6.07, 6.45) is 82.2. The highest BCUT2D eigenvalue weighted by Gasteiger charge is 2.19. The van der Waals surface area contributed by atoms with E-state index in [1.807, 2.05) is 0 Å². The molecule has 1 unspecified atom stereocenters. The van der Waals surface area contributed by atoms with Crippen LogP contribution in [0.5, 0.6) is 0 Å². The number of carbonyl (C=O) groups excluding carboxylic acids is 3. The van der Waals surface area contributed by atoms with Crippen LogP contribution in [0.4, 0.5) is 0 Å². The number of ether oxygens (including phenoxy) is 3. The molecule has 0 bridgehead atoms. The fourth-order valence-corrected chi connectivity index (χ4v) is 8.18. The van der Waals surface area contributed by atoms with Gasteiger partial charge in [0, 0.05) is 19.3 Å². The lowest BCUT2D eigenvalue weighted by molar-refractivity contribution is -0.167. The third-order valence-electron chi connectivity index (χ3n) is 12.7. The lowest BCUT2D eigenvalue weighted by Gasteiger charge is -2.18. The van der Waals surface area contributed by atoms with Crippen molar-refractivity contribution in [3.63, 3.8) is 0 Å². The third kappa shape index (κ3) is 58.8. The summed E-state index contributed by atoms with van der Waals surface area (Å²) in [7, 11) is 0. The number of unbranched alkanes of at least 4 members (excludes halogenated alkanes) is 25. The van der Waals surface area contributed by atoms with Crippen molar-refractivity contribution in [3.05, 3.63) is 109 Å². The molecule has 0 saturated heterocycles. The van der Waals surface area contributed by atoms with Crippen molar-refractivity contribution >= 4 is 17.9 Å². The van der Waals surface area contributed by atoms with Gasteiger partial charge in [0.2, 0.25) is 0 Å². The fourth-order valence-electron chi connectivity index (χ4n) is 8.18. The van der Waals surface area contributed by atoms with Crippen molar-refractivity contribution in [2.75, 3.05) is 13.2 Å². The molecule has 0 N–H and O–H groups in total. The molecule has 1 atom stereocenters. The van der Waals surface area contributed by atoms with Gasteiger partial charge in [-0.15, -0.1) is 0 Å². The van der Waals surface area contributed by atoms with Crippen molar-refractivity contribution in [1.29, 1.82) is 0 Å². The van der Waals surface area contributed by atoms with Crippen LogP contribution in [0, 0.1) is 0 Å². The highest BCUT2D eigenvalue weighted by atomic mass is 16.6. The Balaban J connectivity index is 4.46. The van der Waals surface area contributed by atoms with Gasteiger partial charge >= 0.3 is 17.9 Å². The topological polar surface area (TPSA) is 78.9 Å². The van der Waals surface area contributed by atoms with Gasteiger partial charge in [-0.05, 0) is 128 Å². The molecule has 0 rings (SSSR count). The molecule has 0 aromatic rings. The third-order valence-corrected chi connectivity index (χ3v) is 12.7. The molecule has 416 valence electrons. The normalized spacial score (nSPS) is 12.9. The van der Waals surface area contributed by atoms with Gasteiger partial charge in [-0.25, -0.2) is 0 Å². The van der Waals surface area contributed by atoms with Crippen LogP contribution < -0.4 is 0 Å². The van der Waals surface area contributed by atoms with E-state index < -0.39 is 6.10 Å². The van der Waals surface area contributed by atoms with Crippen LogP contribution >= 0.6 is 0 Å². The summed E-state index contributed by atoms with van der Waals surface area (Å²) in [6.45, 7) is 6.45. The number of esters is 3. The maximum absolute atomic E-state index is 12.9. The molecule has 0 spiro atoms. The molecule has 0 aromatic heterocycles. The quantitative estimate of drug-likeness (QED) is 0.0261. The zero-order valence-corrected chi connectivity index (χ0v) is 47.6. The largest absolute Gasteiger partial charge is 0.462 e. The summed E-state index contributed by atoms with van der Waals surface area (Å²) < 4.78 is 16.9. The van der Waals surface area contributed by atoms with Crippen LogP contribution in [-0.2, 0) is 28.6 Å². The Kier molecular flexibility index (Phi) is 57.4. The molecule has 0 heterocycles. The second kappa shape index (κ2) is 60.6. The van der Waals surface area contributed by atoms with Crippen molar-refractivity contribution in [3.8, 4) is 0 Å². The molecule has 0 fully saturated rings. The van der Waals surface area contributed by atoms with Gasteiger partial charge in [0.25, 0.3) is 0 Å².